The molecule has 0 spiro atoms. The standard InChI is InChI=1S/C32H37NO11/c1-5-19(2)28-31(38)41-20(3)27(33-32(39)40-18-23-14-10-7-11-15-23)30(37)42-21(4)29(36)43-25(24(34)17-26(35)44-28)16-22-12-8-6-9-13-22/h6-15,19-21,25,27-28H,5,16-18H2,1-4H3,(H,33,39)/t19-,20-,21-,25?,27+,28-/m0/s1. The van der Waals surface area contributed by atoms with E-state index in [1.807, 2.05) is 0 Å². The fourth-order valence-electron chi connectivity index (χ4n) is 4.21. The van der Waals surface area contributed by atoms with Gasteiger partial charge in [-0.25, -0.2) is 19.2 Å². The van der Waals surface area contributed by atoms with Gasteiger partial charge >= 0.3 is 30.0 Å². The monoisotopic (exact) mass is 611 g/mol. The fraction of sp³-hybridized carbons (Fsp3) is 0.438. The highest BCUT2D eigenvalue weighted by Gasteiger charge is 2.39. The van der Waals surface area contributed by atoms with Crippen LogP contribution >= 0.6 is 0 Å². The minimum atomic E-state index is -1.63. The molecule has 2 aromatic rings. The van der Waals surface area contributed by atoms with Gasteiger partial charge in [0, 0.05) is 12.3 Å². The van der Waals surface area contributed by atoms with Crippen LogP contribution in [0.25, 0.3) is 0 Å². The molecule has 1 fully saturated rings. The van der Waals surface area contributed by atoms with Crippen molar-refractivity contribution in [3.63, 3.8) is 0 Å². The summed E-state index contributed by atoms with van der Waals surface area (Å²) < 4.78 is 26.7. The lowest BCUT2D eigenvalue weighted by Crippen LogP contribution is -2.52. The third-order valence-corrected chi connectivity index (χ3v) is 6.99. The van der Waals surface area contributed by atoms with Crippen molar-refractivity contribution in [3.05, 3.63) is 71.8 Å². The zero-order valence-corrected chi connectivity index (χ0v) is 25.1. The first-order valence-electron chi connectivity index (χ1n) is 14.3. The van der Waals surface area contributed by atoms with Gasteiger partial charge in [0.1, 0.15) is 19.1 Å². The van der Waals surface area contributed by atoms with E-state index in [0.717, 1.165) is 0 Å². The summed E-state index contributed by atoms with van der Waals surface area (Å²) in [6, 6.07) is 15.8. The molecule has 1 heterocycles. The van der Waals surface area contributed by atoms with E-state index in [9.17, 15) is 28.8 Å². The second kappa shape index (κ2) is 16.2. The van der Waals surface area contributed by atoms with Crippen molar-refractivity contribution in [1.82, 2.24) is 5.32 Å². The molecule has 1 saturated heterocycles. The van der Waals surface area contributed by atoms with Crippen LogP contribution in [0.1, 0.15) is 51.7 Å². The molecule has 1 N–H and O–H groups in total. The normalized spacial score (nSPS) is 24.4. The number of hydrogen-bond acceptors (Lipinski definition) is 11. The Morgan fingerprint density at radius 2 is 1.45 bits per heavy atom. The summed E-state index contributed by atoms with van der Waals surface area (Å²) >= 11 is 0. The minimum absolute atomic E-state index is 0.0648. The number of cyclic esters (lactones) is 4. The first-order valence-corrected chi connectivity index (χ1v) is 14.3. The van der Waals surface area contributed by atoms with Gasteiger partial charge < -0.3 is 29.0 Å². The molecule has 2 aromatic carbocycles. The van der Waals surface area contributed by atoms with Crippen molar-refractivity contribution in [2.24, 2.45) is 5.92 Å². The SMILES string of the molecule is CC[C@H](C)[C@@H]1OC(=O)CC(=O)C(Cc2ccccc2)OC(=O)[C@H](C)OC(=O)[C@H](NC(=O)OCc2ccccc2)[C@H](C)OC1=O. The first-order chi connectivity index (χ1) is 21.0. The second-order valence-corrected chi connectivity index (χ2v) is 10.5. The Morgan fingerprint density at radius 1 is 0.841 bits per heavy atom. The smallest absolute Gasteiger partial charge is 0.408 e. The van der Waals surface area contributed by atoms with E-state index in [1.54, 1.807) is 74.5 Å². The van der Waals surface area contributed by atoms with Gasteiger partial charge in [0.25, 0.3) is 0 Å². The Bertz CT molecular complexity index is 1310. The number of rotatable bonds is 7. The van der Waals surface area contributed by atoms with Gasteiger partial charge in [-0.1, -0.05) is 74.5 Å². The largest absolute Gasteiger partial charge is 0.457 e. The maximum absolute atomic E-state index is 13.3. The Balaban J connectivity index is 1.88. The third kappa shape index (κ3) is 9.92. The molecule has 12 heteroatoms. The van der Waals surface area contributed by atoms with Crippen LogP contribution in [0.3, 0.4) is 0 Å². The predicted octanol–water partition coefficient (Wildman–Crippen LogP) is 3.23. The number of carbonyl (C=O) groups excluding carboxylic acids is 6. The Labute approximate surface area is 255 Å². The summed E-state index contributed by atoms with van der Waals surface area (Å²) in [6.07, 6.45) is -7.21. The highest BCUT2D eigenvalue weighted by molar-refractivity contribution is 5.99. The summed E-state index contributed by atoms with van der Waals surface area (Å²) in [4.78, 5) is 78.0. The van der Waals surface area contributed by atoms with Gasteiger partial charge in [0.2, 0.25) is 6.10 Å². The van der Waals surface area contributed by atoms with E-state index < -0.39 is 78.6 Å². The molecule has 236 valence electrons. The number of ether oxygens (including phenoxy) is 5. The van der Waals surface area contributed by atoms with Gasteiger partial charge in [-0.05, 0) is 31.4 Å². The number of hydrogen-bond donors (Lipinski definition) is 1. The van der Waals surface area contributed by atoms with Gasteiger partial charge in [0.15, 0.2) is 24.0 Å². The molecule has 3 rings (SSSR count). The number of ketones is 1. The molecule has 0 bridgehead atoms. The molecule has 1 amide bonds. The van der Waals surface area contributed by atoms with Gasteiger partial charge in [-0.3, -0.25) is 9.59 Å². The van der Waals surface area contributed by atoms with Gasteiger partial charge in [-0.2, -0.15) is 0 Å². The second-order valence-electron chi connectivity index (χ2n) is 10.5. The highest BCUT2D eigenvalue weighted by atomic mass is 16.6. The predicted molar refractivity (Wildman–Crippen MR) is 154 cm³/mol. The molecule has 44 heavy (non-hydrogen) atoms. The van der Waals surface area contributed by atoms with Crippen LogP contribution in [-0.4, -0.2) is 66.2 Å². The number of Topliss-reactive ketones (excluding diaryl/α,β-unsaturated/α-hetero) is 1. The summed E-state index contributed by atoms with van der Waals surface area (Å²) in [5.74, 6) is -5.52. The number of amides is 1. The molecule has 1 unspecified atom stereocenters. The Morgan fingerprint density at radius 3 is 2.07 bits per heavy atom. The van der Waals surface area contributed by atoms with Crippen LogP contribution < -0.4 is 5.32 Å². The molecule has 0 aliphatic carbocycles. The van der Waals surface area contributed by atoms with E-state index in [2.05, 4.69) is 5.32 Å². The molecule has 0 aromatic heterocycles. The van der Waals surface area contributed by atoms with Crippen molar-refractivity contribution in [2.45, 2.75) is 84.0 Å². The molecule has 12 nitrogen and oxygen atoms in total. The maximum Gasteiger partial charge on any atom is 0.408 e. The summed E-state index contributed by atoms with van der Waals surface area (Å²) in [7, 11) is 0. The van der Waals surface area contributed by atoms with E-state index in [-0.39, 0.29) is 13.0 Å². The van der Waals surface area contributed by atoms with Crippen LogP contribution in [0.5, 0.6) is 0 Å². The van der Waals surface area contributed by atoms with Crippen LogP contribution in [-0.2, 0) is 60.7 Å². The average Bonchev–Trinajstić information content (AvgIpc) is 3.01. The molecule has 6 atom stereocenters. The number of benzene rings is 2. The zero-order chi connectivity index (χ0) is 32.2. The minimum Gasteiger partial charge on any atom is -0.457 e. The molecule has 0 radical (unpaired) electrons. The van der Waals surface area contributed by atoms with E-state index in [4.69, 9.17) is 23.7 Å². The zero-order valence-electron chi connectivity index (χ0n) is 25.1. The van der Waals surface area contributed by atoms with Crippen LogP contribution in [0.4, 0.5) is 4.79 Å². The van der Waals surface area contributed by atoms with Crippen LogP contribution in [0, 0.1) is 5.92 Å². The maximum atomic E-state index is 13.3. The average molecular weight is 612 g/mol. The van der Waals surface area contributed by atoms with Crippen LogP contribution in [0.2, 0.25) is 0 Å². The quantitative estimate of drug-likeness (QED) is 0.278. The van der Waals surface area contributed by atoms with Crippen molar-refractivity contribution in [3.8, 4) is 0 Å². The lowest BCUT2D eigenvalue weighted by atomic mass is 10.0. The van der Waals surface area contributed by atoms with Crippen molar-refractivity contribution in [1.29, 1.82) is 0 Å². The topological polar surface area (TPSA) is 161 Å². The number of carbonyl (C=O) groups is 6. The lowest BCUT2D eigenvalue weighted by Gasteiger charge is -2.27. The van der Waals surface area contributed by atoms with Crippen LogP contribution in [0.15, 0.2) is 60.7 Å². The molecule has 0 saturated carbocycles. The molecule has 1 aliphatic heterocycles. The number of esters is 4. The van der Waals surface area contributed by atoms with E-state index in [0.29, 0.717) is 17.5 Å². The molecular weight excluding hydrogens is 574 g/mol. The molecule has 1 aliphatic rings. The van der Waals surface area contributed by atoms with Crippen molar-refractivity contribution < 1.29 is 52.5 Å². The third-order valence-electron chi connectivity index (χ3n) is 6.99. The van der Waals surface area contributed by atoms with E-state index >= 15 is 0 Å². The van der Waals surface area contributed by atoms with Gasteiger partial charge in [-0.15, -0.1) is 0 Å². The fourth-order valence-corrected chi connectivity index (χ4v) is 4.21. The first kappa shape index (κ1) is 33.8. The summed E-state index contributed by atoms with van der Waals surface area (Å²) in [5, 5.41) is 2.33. The Hall–Kier alpha value is -4.74. The van der Waals surface area contributed by atoms with Crippen molar-refractivity contribution in [2.75, 3.05) is 0 Å². The summed E-state index contributed by atoms with van der Waals surface area (Å²) in [5.41, 5.74) is 1.32. The number of alkyl carbamates (subject to hydrolysis) is 1. The van der Waals surface area contributed by atoms with Crippen molar-refractivity contribution >= 4 is 35.8 Å². The lowest BCUT2D eigenvalue weighted by molar-refractivity contribution is -0.178. The van der Waals surface area contributed by atoms with Gasteiger partial charge in [0.05, 0.1) is 0 Å². The Kier molecular flexibility index (Phi) is 12.4. The van der Waals surface area contributed by atoms with E-state index in [1.165, 1.54) is 13.8 Å². The summed E-state index contributed by atoms with van der Waals surface area (Å²) in [6.45, 7) is 5.83. The molecular formula is C32H37NO11. The highest BCUT2D eigenvalue weighted by Crippen LogP contribution is 2.19. The number of nitrogens with one attached hydrogen (secondary N) is 1.